The van der Waals surface area contributed by atoms with Crippen molar-refractivity contribution >= 4 is 23.2 Å². The third-order valence-electron chi connectivity index (χ3n) is 6.71. The van der Waals surface area contributed by atoms with Gasteiger partial charge in [0, 0.05) is 43.5 Å². The minimum absolute atomic E-state index is 0.0384. The number of hydrogen-bond donors (Lipinski definition) is 1. The normalized spacial score (nSPS) is 17.3. The number of aromatic nitrogens is 1. The number of furan rings is 1. The van der Waals surface area contributed by atoms with Gasteiger partial charge in [0.2, 0.25) is 17.5 Å². The summed E-state index contributed by atoms with van der Waals surface area (Å²) in [5, 5.41) is 12.6. The minimum Gasteiger partial charge on any atom is -0.459 e. The Labute approximate surface area is 199 Å². The lowest BCUT2D eigenvalue weighted by Gasteiger charge is -2.31. The third-order valence-corrected chi connectivity index (χ3v) is 6.71. The van der Waals surface area contributed by atoms with Crippen molar-refractivity contribution in [3.05, 3.63) is 48.4 Å². The van der Waals surface area contributed by atoms with Crippen molar-refractivity contribution in [1.29, 1.82) is 5.26 Å². The number of benzene rings is 1. The van der Waals surface area contributed by atoms with Crippen LogP contribution in [0.1, 0.15) is 44.2 Å². The number of rotatable bonds is 5. The van der Waals surface area contributed by atoms with Crippen molar-refractivity contribution in [3.8, 4) is 17.7 Å². The lowest BCUT2D eigenvalue weighted by Crippen LogP contribution is -2.38. The second kappa shape index (κ2) is 10.0. The summed E-state index contributed by atoms with van der Waals surface area (Å²) >= 11 is 0. The smallest absolute Gasteiger partial charge is 0.266 e. The Kier molecular flexibility index (Phi) is 6.52. The quantitative estimate of drug-likeness (QED) is 0.570. The highest BCUT2D eigenvalue weighted by Gasteiger charge is 2.29. The molecule has 3 aromatic rings. The van der Waals surface area contributed by atoms with Crippen LogP contribution in [0.3, 0.4) is 0 Å². The van der Waals surface area contributed by atoms with E-state index >= 15 is 0 Å². The first-order valence-corrected chi connectivity index (χ1v) is 12.1. The molecular weight excluding hydrogens is 430 g/mol. The monoisotopic (exact) mass is 459 g/mol. The Bertz CT molecular complexity index is 1130. The Morgan fingerprint density at radius 1 is 1.00 bits per heavy atom. The molecule has 2 aliphatic heterocycles. The van der Waals surface area contributed by atoms with Crippen molar-refractivity contribution in [2.45, 2.75) is 38.5 Å². The first-order chi connectivity index (χ1) is 16.7. The number of nitrogens with one attached hydrogen (secondary N) is 1. The van der Waals surface area contributed by atoms with Gasteiger partial charge >= 0.3 is 0 Å². The van der Waals surface area contributed by atoms with Gasteiger partial charge in [0.05, 0.1) is 6.26 Å². The summed E-state index contributed by atoms with van der Waals surface area (Å²) in [6, 6.07) is 13.8. The standard InChI is InChI=1S/C26H29N5O3/c27-18-22-26(34-25(29-22)23-6-5-17-33-23)31-15-11-19(12-16-31)24(32)28-20-7-9-21(10-8-20)30-13-3-1-2-4-14-30/h5-10,17,19H,1-4,11-16H2,(H,28,32). The van der Waals surface area contributed by atoms with E-state index in [0.29, 0.717) is 43.5 Å². The summed E-state index contributed by atoms with van der Waals surface area (Å²) < 4.78 is 11.2. The molecule has 5 rings (SSSR count). The van der Waals surface area contributed by atoms with E-state index in [1.807, 2.05) is 17.0 Å². The van der Waals surface area contributed by atoms with Gasteiger partial charge < -0.3 is 24.0 Å². The van der Waals surface area contributed by atoms with Crippen LogP contribution in [0.15, 0.2) is 51.5 Å². The molecule has 176 valence electrons. The van der Waals surface area contributed by atoms with Gasteiger partial charge in [-0.15, -0.1) is 0 Å². The molecule has 0 unspecified atom stereocenters. The number of hydrogen-bond acceptors (Lipinski definition) is 7. The van der Waals surface area contributed by atoms with E-state index in [1.54, 1.807) is 12.1 Å². The van der Waals surface area contributed by atoms with E-state index in [4.69, 9.17) is 8.83 Å². The first-order valence-electron chi connectivity index (χ1n) is 12.1. The van der Waals surface area contributed by atoms with Crippen LogP contribution in [0.4, 0.5) is 17.3 Å². The highest BCUT2D eigenvalue weighted by molar-refractivity contribution is 5.92. The zero-order valence-electron chi connectivity index (χ0n) is 19.2. The van der Waals surface area contributed by atoms with Crippen molar-refractivity contribution in [2.75, 3.05) is 41.3 Å². The van der Waals surface area contributed by atoms with Gasteiger partial charge in [-0.2, -0.15) is 10.2 Å². The van der Waals surface area contributed by atoms with E-state index in [-0.39, 0.29) is 17.5 Å². The molecule has 2 fully saturated rings. The minimum atomic E-state index is -0.0838. The predicted octanol–water partition coefficient (Wildman–Crippen LogP) is 5.04. The fraction of sp³-hybridized carbons (Fsp3) is 0.423. The molecule has 1 amide bonds. The molecule has 4 heterocycles. The van der Waals surface area contributed by atoms with Gasteiger partial charge in [-0.1, -0.05) is 12.8 Å². The van der Waals surface area contributed by atoms with Crippen LogP contribution in [0.25, 0.3) is 11.7 Å². The molecule has 2 saturated heterocycles. The van der Waals surface area contributed by atoms with Crippen LogP contribution in [0, 0.1) is 17.2 Å². The molecule has 0 atom stereocenters. The van der Waals surface area contributed by atoms with Crippen molar-refractivity contribution < 1.29 is 13.6 Å². The highest BCUT2D eigenvalue weighted by atomic mass is 16.4. The molecule has 0 saturated carbocycles. The summed E-state index contributed by atoms with van der Waals surface area (Å²) in [4.78, 5) is 21.6. The summed E-state index contributed by atoms with van der Waals surface area (Å²) in [5.41, 5.74) is 2.29. The number of carbonyl (C=O) groups is 1. The van der Waals surface area contributed by atoms with E-state index in [2.05, 4.69) is 33.4 Å². The Hall–Kier alpha value is -3.73. The number of nitriles is 1. The molecule has 0 bridgehead atoms. The molecule has 1 aromatic carbocycles. The molecule has 8 heteroatoms. The van der Waals surface area contributed by atoms with Crippen LogP contribution in [-0.4, -0.2) is 37.1 Å². The van der Waals surface area contributed by atoms with Crippen molar-refractivity contribution in [1.82, 2.24) is 4.98 Å². The Morgan fingerprint density at radius 3 is 2.38 bits per heavy atom. The highest BCUT2D eigenvalue weighted by Crippen LogP contribution is 2.31. The fourth-order valence-corrected chi connectivity index (χ4v) is 4.78. The van der Waals surface area contributed by atoms with Gasteiger partial charge in [0.15, 0.2) is 5.76 Å². The zero-order chi connectivity index (χ0) is 23.3. The molecule has 0 radical (unpaired) electrons. The molecule has 1 N–H and O–H groups in total. The predicted molar refractivity (Wildman–Crippen MR) is 130 cm³/mol. The molecule has 8 nitrogen and oxygen atoms in total. The first kappa shape index (κ1) is 22.1. The second-order valence-corrected chi connectivity index (χ2v) is 8.96. The lowest BCUT2D eigenvalue weighted by molar-refractivity contribution is -0.120. The summed E-state index contributed by atoms with van der Waals surface area (Å²) in [6.45, 7) is 3.44. The SMILES string of the molecule is N#Cc1nc(-c2ccco2)oc1N1CCC(C(=O)Nc2ccc(N3CCCCCC3)cc2)CC1. The van der Waals surface area contributed by atoms with Crippen LogP contribution in [0.2, 0.25) is 0 Å². The zero-order valence-corrected chi connectivity index (χ0v) is 19.2. The molecule has 0 spiro atoms. The molecule has 0 aliphatic carbocycles. The average Bonchev–Trinajstić information content (AvgIpc) is 3.48. The number of amides is 1. The summed E-state index contributed by atoms with van der Waals surface area (Å²) in [6.07, 6.45) is 8.00. The van der Waals surface area contributed by atoms with Crippen LogP contribution < -0.4 is 15.1 Å². The maximum Gasteiger partial charge on any atom is 0.266 e. The van der Waals surface area contributed by atoms with Gasteiger partial charge in [0.1, 0.15) is 6.07 Å². The Balaban J connectivity index is 1.17. The number of carbonyl (C=O) groups excluding carboxylic acids is 1. The van der Waals surface area contributed by atoms with E-state index in [0.717, 1.165) is 18.8 Å². The maximum absolute atomic E-state index is 12.9. The van der Waals surface area contributed by atoms with Crippen LogP contribution >= 0.6 is 0 Å². The topological polar surface area (TPSA) is 98.5 Å². The molecule has 34 heavy (non-hydrogen) atoms. The number of anilines is 3. The van der Waals surface area contributed by atoms with E-state index < -0.39 is 0 Å². The maximum atomic E-state index is 12.9. The fourth-order valence-electron chi connectivity index (χ4n) is 4.78. The lowest BCUT2D eigenvalue weighted by atomic mass is 9.96. The number of piperidine rings is 1. The summed E-state index contributed by atoms with van der Waals surface area (Å²) in [7, 11) is 0. The van der Waals surface area contributed by atoms with Crippen molar-refractivity contribution in [3.63, 3.8) is 0 Å². The summed E-state index contributed by atoms with van der Waals surface area (Å²) in [5.74, 6) is 1.17. The van der Waals surface area contributed by atoms with Crippen LogP contribution in [0.5, 0.6) is 0 Å². The van der Waals surface area contributed by atoms with Gasteiger partial charge in [-0.3, -0.25) is 4.79 Å². The third kappa shape index (κ3) is 4.79. The second-order valence-electron chi connectivity index (χ2n) is 8.96. The molecule has 2 aromatic heterocycles. The molecule has 2 aliphatic rings. The van der Waals surface area contributed by atoms with E-state index in [1.165, 1.54) is 37.6 Å². The van der Waals surface area contributed by atoms with Crippen molar-refractivity contribution in [2.24, 2.45) is 5.92 Å². The largest absolute Gasteiger partial charge is 0.459 e. The Morgan fingerprint density at radius 2 is 1.74 bits per heavy atom. The van der Waals surface area contributed by atoms with Gasteiger partial charge in [0.25, 0.3) is 5.89 Å². The van der Waals surface area contributed by atoms with Gasteiger partial charge in [-0.05, 0) is 62.1 Å². The van der Waals surface area contributed by atoms with Crippen LogP contribution in [-0.2, 0) is 4.79 Å². The van der Waals surface area contributed by atoms with E-state index in [9.17, 15) is 10.1 Å². The number of oxazole rings is 1. The van der Waals surface area contributed by atoms with Gasteiger partial charge in [-0.25, -0.2) is 0 Å². The average molecular weight is 460 g/mol. The molecular formula is C26H29N5O3. The number of nitrogens with zero attached hydrogens (tertiary/aromatic N) is 4.